The van der Waals surface area contributed by atoms with Gasteiger partial charge < -0.3 is 14.4 Å². The molecule has 1 fully saturated rings. The highest BCUT2D eigenvalue weighted by atomic mass is 16.5. The number of hydrogen-bond acceptors (Lipinski definition) is 5. The van der Waals surface area contributed by atoms with Crippen molar-refractivity contribution in [1.82, 2.24) is 24.9 Å². The Balaban J connectivity index is 1.79. The zero-order valence-corrected chi connectivity index (χ0v) is 15.3. The first kappa shape index (κ1) is 17.7. The fraction of sp³-hybridized carbons (Fsp3) is 0.611. The molecule has 1 aliphatic rings. The number of hydrogen-bond donors (Lipinski definition) is 1. The van der Waals surface area contributed by atoms with Gasteiger partial charge in [-0.25, -0.2) is 0 Å². The van der Waals surface area contributed by atoms with E-state index in [-0.39, 0.29) is 11.9 Å². The molecule has 1 unspecified atom stereocenters. The van der Waals surface area contributed by atoms with E-state index in [1.165, 1.54) is 12.8 Å². The van der Waals surface area contributed by atoms with E-state index < -0.39 is 0 Å². The molecule has 2 aromatic heterocycles. The highest BCUT2D eigenvalue weighted by molar-refractivity contribution is 5.92. The Morgan fingerprint density at radius 1 is 1.40 bits per heavy atom. The van der Waals surface area contributed by atoms with E-state index in [0.29, 0.717) is 18.1 Å². The number of aromatic nitrogens is 3. The highest BCUT2D eigenvalue weighted by Gasteiger charge is 2.28. The Kier molecular flexibility index (Phi) is 5.53. The number of aryl methyl sites for hydroxylation is 1. The third kappa shape index (κ3) is 3.76. The summed E-state index contributed by atoms with van der Waals surface area (Å²) in [6.45, 7) is 3.78. The van der Waals surface area contributed by atoms with Crippen LogP contribution in [-0.2, 0) is 20.0 Å². The third-order valence-electron chi connectivity index (χ3n) is 4.89. The molecule has 0 radical (unpaired) electrons. The van der Waals surface area contributed by atoms with E-state index in [2.05, 4.69) is 33.3 Å². The highest BCUT2D eigenvalue weighted by Crippen LogP contribution is 2.32. The first-order valence-corrected chi connectivity index (χ1v) is 9.07. The smallest absolute Gasteiger partial charge is 0.267 e. The van der Waals surface area contributed by atoms with E-state index in [1.54, 1.807) is 7.05 Å². The van der Waals surface area contributed by atoms with Gasteiger partial charge >= 0.3 is 0 Å². The SMILES string of the molecule is CCCc1nc(CN2CCCCC2c2ccc(C(=O)NC)n2C)no1. The number of rotatable bonds is 6. The zero-order chi connectivity index (χ0) is 17.8. The molecule has 0 bridgehead atoms. The van der Waals surface area contributed by atoms with E-state index in [9.17, 15) is 4.79 Å². The molecule has 2 aromatic rings. The van der Waals surface area contributed by atoms with Gasteiger partial charge in [-0.3, -0.25) is 9.69 Å². The van der Waals surface area contributed by atoms with E-state index in [0.717, 1.165) is 37.3 Å². The molecule has 3 heterocycles. The second-order valence-electron chi connectivity index (χ2n) is 6.62. The lowest BCUT2D eigenvalue weighted by Gasteiger charge is -2.35. The molecule has 7 nitrogen and oxygen atoms in total. The van der Waals surface area contributed by atoms with Crippen LogP contribution in [-0.4, -0.2) is 39.1 Å². The minimum absolute atomic E-state index is 0.0570. The van der Waals surface area contributed by atoms with Crippen LogP contribution >= 0.6 is 0 Å². The molecule has 1 atom stereocenters. The van der Waals surface area contributed by atoms with Crippen molar-refractivity contribution in [1.29, 1.82) is 0 Å². The van der Waals surface area contributed by atoms with Crippen LogP contribution in [0.5, 0.6) is 0 Å². The van der Waals surface area contributed by atoms with Crippen LogP contribution in [0.25, 0.3) is 0 Å². The maximum Gasteiger partial charge on any atom is 0.267 e. The molecule has 1 aliphatic heterocycles. The molecule has 0 spiro atoms. The van der Waals surface area contributed by atoms with Gasteiger partial charge in [0.1, 0.15) is 5.69 Å². The predicted octanol–water partition coefficient (Wildman–Crippen LogP) is 2.45. The van der Waals surface area contributed by atoms with Crippen molar-refractivity contribution in [2.75, 3.05) is 13.6 Å². The quantitative estimate of drug-likeness (QED) is 0.870. The lowest BCUT2D eigenvalue weighted by molar-refractivity contribution is 0.0952. The molecule has 7 heteroatoms. The third-order valence-corrected chi connectivity index (χ3v) is 4.89. The second kappa shape index (κ2) is 7.82. The van der Waals surface area contributed by atoms with Crippen molar-refractivity contribution in [2.24, 2.45) is 7.05 Å². The number of likely N-dealkylation sites (tertiary alicyclic amines) is 1. The summed E-state index contributed by atoms with van der Waals surface area (Å²) in [4.78, 5) is 18.9. The molecular weight excluding hydrogens is 318 g/mol. The Morgan fingerprint density at radius 2 is 2.24 bits per heavy atom. The van der Waals surface area contributed by atoms with Crippen LogP contribution < -0.4 is 5.32 Å². The van der Waals surface area contributed by atoms with Gasteiger partial charge in [-0.15, -0.1) is 0 Å². The largest absolute Gasteiger partial charge is 0.354 e. The topological polar surface area (TPSA) is 76.2 Å². The molecule has 0 aromatic carbocycles. The van der Waals surface area contributed by atoms with Gasteiger partial charge in [0, 0.05) is 26.2 Å². The maximum atomic E-state index is 12.0. The van der Waals surface area contributed by atoms with Crippen molar-refractivity contribution in [3.8, 4) is 0 Å². The van der Waals surface area contributed by atoms with Crippen LogP contribution in [0.15, 0.2) is 16.7 Å². The van der Waals surface area contributed by atoms with Gasteiger partial charge in [-0.2, -0.15) is 4.98 Å². The average Bonchev–Trinajstić information content (AvgIpc) is 3.22. The fourth-order valence-electron chi connectivity index (χ4n) is 3.58. The Labute approximate surface area is 148 Å². The molecule has 25 heavy (non-hydrogen) atoms. The van der Waals surface area contributed by atoms with Gasteiger partial charge in [-0.05, 0) is 37.9 Å². The van der Waals surface area contributed by atoms with Gasteiger partial charge in [-0.1, -0.05) is 18.5 Å². The number of carbonyl (C=O) groups is 1. The normalized spacial score (nSPS) is 18.4. The second-order valence-corrected chi connectivity index (χ2v) is 6.62. The van der Waals surface area contributed by atoms with Crippen LogP contribution in [0.3, 0.4) is 0 Å². The molecule has 1 N–H and O–H groups in total. The van der Waals surface area contributed by atoms with E-state index in [4.69, 9.17) is 4.52 Å². The lowest BCUT2D eigenvalue weighted by Crippen LogP contribution is -2.34. The summed E-state index contributed by atoms with van der Waals surface area (Å²) in [5.74, 6) is 1.40. The van der Waals surface area contributed by atoms with Gasteiger partial charge in [0.15, 0.2) is 5.82 Å². The summed E-state index contributed by atoms with van der Waals surface area (Å²) in [5.41, 5.74) is 1.85. The summed E-state index contributed by atoms with van der Waals surface area (Å²) in [6, 6.07) is 4.23. The van der Waals surface area contributed by atoms with Crippen molar-refractivity contribution < 1.29 is 9.32 Å². The Bertz CT molecular complexity index is 721. The minimum Gasteiger partial charge on any atom is -0.354 e. The van der Waals surface area contributed by atoms with Gasteiger partial charge in [0.25, 0.3) is 5.91 Å². The van der Waals surface area contributed by atoms with Gasteiger partial charge in [0.2, 0.25) is 5.89 Å². The fourth-order valence-corrected chi connectivity index (χ4v) is 3.58. The number of carbonyl (C=O) groups excluding carboxylic acids is 1. The number of piperidine rings is 1. The lowest BCUT2D eigenvalue weighted by atomic mass is 9.99. The predicted molar refractivity (Wildman–Crippen MR) is 94.1 cm³/mol. The Hall–Kier alpha value is -2.15. The van der Waals surface area contributed by atoms with E-state index >= 15 is 0 Å². The molecular formula is C18H27N5O2. The van der Waals surface area contributed by atoms with Crippen LogP contribution in [0.4, 0.5) is 0 Å². The molecule has 0 aliphatic carbocycles. The van der Waals surface area contributed by atoms with Crippen molar-refractivity contribution in [3.63, 3.8) is 0 Å². The molecule has 136 valence electrons. The Morgan fingerprint density at radius 3 is 3.00 bits per heavy atom. The standard InChI is InChI=1S/C18H27N5O2/c1-4-7-17-20-16(21-25-17)12-23-11-6-5-8-14(23)13-9-10-15(22(13)3)18(24)19-2/h9-10,14H,4-8,11-12H2,1-3H3,(H,19,24). The average molecular weight is 345 g/mol. The summed E-state index contributed by atoms with van der Waals surface area (Å²) < 4.78 is 7.32. The van der Waals surface area contributed by atoms with Crippen LogP contribution in [0.1, 0.15) is 66.5 Å². The summed E-state index contributed by atoms with van der Waals surface area (Å²) >= 11 is 0. The van der Waals surface area contributed by atoms with E-state index in [1.807, 2.05) is 17.7 Å². The van der Waals surface area contributed by atoms with Gasteiger partial charge in [0.05, 0.1) is 12.6 Å². The van der Waals surface area contributed by atoms with Crippen molar-refractivity contribution in [3.05, 3.63) is 35.2 Å². The summed E-state index contributed by atoms with van der Waals surface area (Å²) in [7, 11) is 3.62. The number of nitrogens with one attached hydrogen (secondary N) is 1. The maximum absolute atomic E-state index is 12.0. The van der Waals surface area contributed by atoms with Crippen LogP contribution in [0, 0.1) is 0 Å². The summed E-state index contributed by atoms with van der Waals surface area (Å²) in [5, 5.41) is 6.83. The number of nitrogens with zero attached hydrogens (tertiary/aromatic N) is 4. The van der Waals surface area contributed by atoms with Crippen molar-refractivity contribution in [2.45, 2.75) is 51.6 Å². The molecule has 1 amide bonds. The monoisotopic (exact) mass is 345 g/mol. The molecule has 1 saturated heterocycles. The molecule has 3 rings (SSSR count). The molecule has 0 saturated carbocycles. The van der Waals surface area contributed by atoms with Crippen molar-refractivity contribution >= 4 is 5.91 Å². The first-order chi connectivity index (χ1) is 12.1. The van der Waals surface area contributed by atoms with Crippen LogP contribution in [0.2, 0.25) is 0 Å². The minimum atomic E-state index is -0.0570. The summed E-state index contributed by atoms with van der Waals surface area (Å²) in [6.07, 6.45) is 5.26. The zero-order valence-electron chi connectivity index (χ0n) is 15.3. The number of amides is 1. The first-order valence-electron chi connectivity index (χ1n) is 9.07.